The molecule has 1 fully saturated rings. The van der Waals surface area contributed by atoms with E-state index in [1.165, 1.54) is 6.20 Å². The number of hydrogen-bond donors (Lipinski definition) is 0. The van der Waals surface area contributed by atoms with Crippen molar-refractivity contribution in [2.24, 2.45) is 5.92 Å². The normalized spacial score (nSPS) is 15.5. The second-order valence-electron chi connectivity index (χ2n) is 7.25. The highest BCUT2D eigenvalue weighted by Crippen LogP contribution is 2.36. The second kappa shape index (κ2) is 8.25. The van der Waals surface area contributed by atoms with Crippen LogP contribution >= 0.6 is 0 Å². The van der Waals surface area contributed by atoms with Crippen molar-refractivity contribution in [1.29, 1.82) is 0 Å². The van der Waals surface area contributed by atoms with Gasteiger partial charge in [-0.15, -0.1) is 0 Å². The summed E-state index contributed by atoms with van der Waals surface area (Å²) < 4.78 is 27.3. The minimum absolute atomic E-state index is 0.0172. The zero-order valence-corrected chi connectivity index (χ0v) is 16.7. The molecule has 2 aromatic rings. The minimum atomic E-state index is -3.78. The lowest BCUT2D eigenvalue weighted by atomic mass is 10.1. The molecule has 0 radical (unpaired) electrons. The van der Waals surface area contributed by atoms with E-state index in [1.807, 2.05) is 44.2 Å². The number of amides is 1. The Bertz CT molecular complexity index is 873. The maximum atomic E-state index is 13.0. The van der Waals surface area contributed by atoms with Crippen molar-refractivity contribution < 1.29 is 13.2 Å². The molecule has 146 valence electrons. The van der Waals surface area contributed by atoms with Gasteiger partial charge in [0.15, 0.2) is 0 Å². The Morgan fingerprint density at radius 2 is 2.00 bits per heavy atom. The molecule has 1 aliphatic carbocycles. The number of aryl methyl sites for hydroxylation is 1. The maximum Gasteiger partial charge on any atom is 0.238 e. The Labute approximate surface area is 161 Å². The molecule has 1 heterocycles. The van der Waals surface area contributed by atoms with Crippen molar-refractivity contribution in [3.8, 4) is 0 Å². The molecule has 1 aromatic carbocycles. The van der Waals surface area contributed by atoms with Crippen molar-refractivity contribution in [3.05, 3.63) is 48.3 Å². The number of sulfone groups is 1. The molecule has 1 saturated carbocycles. The predicted molar refractivity (Wildman–Crippen MR) is 104 cm³/mol. The van der Waals surface area contributed by atoms with Gasteiger partial charge in [0.25, 0.3) is 0 Å². The van der Waals surface area contributed by atoms with Crippen LogP contribution in [0.15, 0.2) is 47.9 Å². The van der Waals surface area contributed by atoms with E-state index in [0.29, 0.717) is 19.0 Å². The average molecular weight is 390 g/mol. The molecule has 0 spiro atoms. The standard InChI is InChI=1S/C20H27N3O3S/c1-3-12-22-13-11-21-20(22)27(25,26)15-19(24)23(16(2)18-9-10-18)14-17-7-5-4-6-8-17/h4-8,11,13,16,18H,3,9-10,12,14-15H2,1-2H3/t16-/m0/s1. The van der Waals surface area contributed by atoms with Gasteiger partial charge < -0.3 is 9.47 Å². The maximum absolute atomic E-state index is 13.0. The van der Waals surface area contributed by atoms with Gasteiger partial charge in [-0.2, -0.15) is 0 Å². The third-order valence-corrected chi connectivity index (χ3v) is 6.57. The molecule has 1 aromatic heterocycles. The SMILES string of the molecule is CCCn1ccnc1S(=O)(=O)CC(=O)N(Cc1ccccc1)[C@@H](C)C1CC1. The molecule has 27 heavy (non-hydrogen) atoms. The topological polar surface area (TPSA) is 72.3 Å². The Kier molecular flexibility index (Phi) is 5.99. The Hall–Kier alpha value is -2.15. The van der Waals surface area contributed by atoms with Gasteiger partial charge in [-0.1, -0.05) is 37.3 Å². The summed E-state index contributed by atoms with van der Waals surface area (Å²) in [6.45, 7) is 4.98. The Morgan fingerprint density at radius 1 is 1.30 bits per heavy atom. The molecular formula is C20H27N3O3S. The quantitative estimate of drug-likeness (QED) is 0.661. The lowest BCUT2D eigenvalue weighted by molar-refractivity contribution is -0.131. The molecule has 6 nitrogen and oxygen atoms in total. The molecule has 0 bridgehead atoms. The van der Waals surface area contributed by atoms with Gasteiger partial charge in [0.1, 0.15) is 5.75 Å². The summed E-state index contributed by atoms with van der Waals surface area (Å²) in [6.07, 6.45) is 6.10. The van der Waals surface area contributed by atoms with Crippen LogP contribution in [0.4, 0.5) is 0 Å². The van der Waals surface area contributed by atoms with Crippen LogP contribution in [0.5, 0.6) is 0 Å². The van der Waals surface area contributed by atoms with Crippen LogP contribution in [0.2, 0.25) is 0 Å². The average Bonchev–Trinajstić information content (AvgIpc) is 3.38. The van der Waals surface area contributed by atoms with Gasteiger partial charge in [-0.25, -0.2) is 13.4 Å². The summed E-state index contributed by atoms with van der Waals surface area (Å²) in [5.41, 5.74) is 1.00. The van der Waals surface area contributed by atoms with E-state index in [4.69, 9.17) is 0 Å². The highest BCUT2D eigenvalue weighted by molar-refractivity contribution is 7.91. The number of hydrogen-bond acceptors (Lipinski definition) is 4. The molecule has 3 rings (SSSR count). The van der Waals surface area contributed by atoms with Gasteiger partial charge >= 0.3 is 0 Å². The van der Waals surface area contributed by atoms with Crippen LogP contribution in [0, 0.1) is 5.92 Å². The fourth-order valence-electron chi connectivity index (χ4n) is 3.37. The zero-order chi connectivity index (χ0) is 19.4. The van der Waals surface area contributed by atoms with Gasteiger partial charge in [0.05, 0.1) is 0 Å². The van der Waals surface area contributed by atoms with E-state index in [0.717, 1.165) is 24.8 Å². The molecular weight excluding hydrogens is 362 g/mol. The van der Waals surface area contributed by atoms with E-state index in [9.17, 15) is 13.2 Å². The van der Waals surface area contributed by atoms with E-state index >= 15 is 0 Å². The molecule has 1 aliphatic rings. The third kappa shape index (κ3) is 4.77. The monoisotopic (exact) mass is 389 g/mol. The van der Waals surface area contributed by atoms with Crippen molar-refractivity contribution in [2.75, 3.05) is 5.75 Å². The predicted octanol–water partition coefficient (Wildman–Crippen LogP) is 2.89. The van der Waals surface area contributed by atoms with Crippen molar-refractivity contribution in [2.45, 2.75) is 57.4 Å². The zero-order valence-electron chi connectivity index (χ0n) is 15.9. The third-order valence-electron chi connectivity index (χ3n) is 5.05. The van der Waals surface area contributed by atoms with Crippen LogP contribution in [-0.2, 0) is 27.7 Å². The van der Waals surface area contributed by atoms with E-state index in [1.54, 1.807) is 15.7 Å². The molecule has 0 unspecified atom stereocenters. The van der Waals surface area contributed by atoms with Gasteiger partial charge in [0, 0.05) is 31.5 Å². The number of carbonyl (C=O) groups excluding carboxylic acids is 1. The smallest absolute Gasteiger partial charge is 0.238 e. The van der Waals surface area contributed by atoms with Crippen molar-refractivity contribution in [1.82, 2.24) is 14.5 Å². The van der Waals surface area contributed by atoms with Gasteiger partial charge in [-0.3, -0.25) is 4.79 Å². The molecule has 0 aliphatic heterocycles. The van der Waals surface area contributed by atoms with Crippen LogP contribution in [0.1, 0.15) is 38.7 Å². The number of aromatic nitrogens is 2. The van der Waals surface area contributed by atoms with Gasteiger partial charge in [-0.05, 0) is 37.7 Å². The fraction of sp³-hybridized carbons (Fsp3) is 0.500. The number of rotatable bonds is 9. The summed E-state index contributed by atoms with van der Waals surface area (Å²) in [5, 5.41) is -0.0172. The molecule has 1 amide bonds. The van der Waals surface area contributed by atoms with Crippen LogP contribution in [-0.4, -0.2) is 40.6 Å². The summed E-state index contributed by atoms with van der Waals surface area (Å²) >= 11 is 0. The first kappa shape index (κ1) is 19.6. The highest BCUT2D eigenvalue weighted by atomic mass is 32.2. The number of carbonyl (C=O) groups is 1. The molecule has 7 heteroatoms. The van der Waals surface area contributed by atoms with E-state index < -0.39 is 15.6 Å². The first-order valence-electron chi connectivity index (χ1n) is 9.49. The summed E-state index contributed by atoms with van der Waals surface area (Å²) in [7, 11) is -3.78. The molecule has 0 saturated heterocycles. The molecule has 1 atom stereocenters. The fourth-order valence-corrected chi connectivity index (χ4v) is 4.72. The molecule has 0 N–H and O–H groups in total. The first-order valence-corrected chi connectivity index (χ1v) is 11.1. The minimum Gasteiger partial charge on any atom is -0.334 e. The number of benzene rings is 1. The highest BCUT2D eigenvalue weighted by Gasteiger charge is 2.36. The Morgan fingerprint density at radius 3 is 2.63 bits per heavy atom. The van der Waals surface area contributed by atoms with Crippen LogP contribution in [0.25, 0.3) is 0 Å². The Balaban J connectivity index is 1.80. The lowest BCUT2D eigenvalue weighted by Gasteiger charge is -2.29. The van der Waals surface area contributed by atoms with Crippen LogP contribution < -0.4 is 0 Å². The number of imidazole rings is 1. The van der Waals surface area contributed by atoms with Crippen LogP contribution in [0.3, 0.4) is 0 Å². The lowest BCUT2D eigenvalue weighted by Crippen LogP contribution is -2.42. The largest absolute Gasteiger partial charge is 0.334 e. The van der Waals surface area contributed by atoms with Crippen molar-refractivity contribution in [3.63, 3.8) is 0 Å². The number of nitrogens with zero attached hydrogens (tertiary/aromatic N) is 3. The summed E-state index contributed by atoms with van der Waals surface area (Å²) in [5.74, 6) is -0.441. The van der Waals surface area contributed by atoms with Gasteiger partial charge in [0.2, 0.25) is 20.9 Å². The summed E-state index contributed by atoms with van der Waals surface area (Å²) in [6, 6.07) is 9.74. The second-order valence-corrected chi connectivity index (χ2v) is 9.13. The van der Waals surface area contributed by atoms with E-state index in [-0.39, 0.29) is 17.1 Å². The van der Waals surface area contributed by atoms with E-state index in [2.05, 4.69) is 4.98 Å². The van der Waals surface area contributed by atoms with Crippen molar-refractivity contribution >= 4 is 15.7 Å². The summed E-state index contributed by atoms with van der Waals surface area (Å²) in [4.78, 5) is 18.7. The first-order chi connectivity index (χ1) is 12.9.